The van der Waals surface area contributed by atoms with Gasteiger partial charge in [-0.25, -0.2) is 9.07 Å². The lowest BCUT2D eigenvalue weighted by atomic mass is 10.1. The predicted molar refractivity (Wildman–Crippen MR) is 135 cm³/mol. The Morgan fingerprint density at radius 1 is 1.11 bits per heavy atom. The normalized spacial score (nSPS) is 14.6. The molecule has 6 nitrogen and oxygen atoms in total. The van der Waals surface area contributed by atoms with Crippen molar-refractivity contribution in [3.8, 4) is 17.3 Å². The molecule has 0 spiro atoms. The molecule has 0 saturated heterocycles. The number of halogens is 1. The van der Waals surface area contributed by atoms with Crippen LogP contribution < -0.4 is 4.74 Å². The van der Waals surface area contributed by atoms with Crippen LogP contribution in [-0.4, -0.2) is 51.7 Å². The summed E-state index contributed by atoms with van der Waals surface area (Å²) in [4.78, 5) is 2.26. The largest absolute Gasteiger partial charge is 0.435 e. The molecule has 1 N–H and O–H groups in total. The van der Waals surface area contributed by atoms with Crippen molar-refractivity contribution >= 4 is 0 Å². The molecule has 1 heterocycles. The van der Waals surface area contributed by atoms with E-state index in [0.29, 0.717) is 37.9 Å². The van der Waals surface area contributed by atoms with Crippen molar-refractivity contribution in [3.63, 3.8) is 0 Å². The van der Waals surface area contributed by atoms with Crippen LogP contribution in [0.25, 0.3) is 5.69 Å². The zero-order valence-corrected chi connectivity index (χ0v) is 20.9. The Balaban J connectivity index is 1.68. The molecule has 2 aromatic carbocycles. The number of ether oxygens (including phenoxy) is 2. The average Bonchev–Trinajstić information content (AvgIpc) is 3.60. The first-order valence-corrected chi connectivity index (χ1v) is 12.5. The molecule has 1 atom stereocenters. The molecule has 188 valence electrons. The summed E-state index contributed by atoms with van der Waals surface area (Å²) in [5, 5.41) is 15.5. The first-order chi connectivity index (χ1) is 16.9. The zero-order valence-electron chi connectivity index (χ0n) is 20.9. The van der Waals surface area contributed by atoms with Gasteiger partial charge in [-0.2, -0.15) is 5.10 Å². The topological polar surface area (TPSA) is 59.8 Å². The summed E-state index contributed by atoms with van der Waals surface area (Å²) in [6, 6.07) is 16.2. The van der Waals surface area contributed by atoms with E-state index in [1.54, 1.807) is 22.9 Å². The number of rotatable bonds is 13. The molecule has 35 heavy (non-hydrogen) atoms. The SMILES string of the molecule is CCc1nn(-c2ccccc2)c(Oc2ccccc2F)c1CN(CC1CC1)C[C@H](O)COC(C)C. The van der Waals surface area contributed by atoms with E-state index in [4.69, 9.17) is 14.6 Å². The van der Waals surface area contributed by atoms with Crippen molar-refractivity contribution in [2.24, 2.45) is 5.92 Å². The maximum Gasteiger partial charge on any atom is 0.227 e. The van der Waals surface area contributed by atoms with Crippen LogP contribution in [-0.2, 0) is 17.7 Å². The van der Waals surface area contributed by atoms with Gasteiger partial charge >= 0.3 is 0 Å². The molecule has 0 bridgehead atoms. The van der Waals surface area contributed by atoms with Gasteiger partial charge in [0, 0.05) is 19.6 Å². The first kappa shape index (κ1) is 25.4. The van der Waals surface area contributed by atoms with Gasteiger partial charge in [0.1, 0.15) is 0 Å². The van der Waals surface area contributed by atoms with E-state index in [1.165, 1.54) is 18.9 Å². The van der Waals surface area contributed by atoms with Gasteiger partial charge in [0.15, 0.2) is 11.6 Å². The molecule has 7 heteroatoms. The number of nitrogens with zero attached hydrogens (tertiary/aromatic N) is 3. The van der Waals surface area contributed by atoms with E-state index in [2.05, 4.69) is 11.8 Å². The lowest BCUT2D eigenvalue weighted by Crippen LogP contribution is -2.36. The Morgan fingerprint density at radius 3 is 2.49 bits per heavy atom. The maximum atomic E-state index is 14.6. The van der Waals surface area contributed by atoms with Crippen molar-refractivity contribution in [1.29, 1.82) is 0 Å². The summed E-state index contributed by atoms with van der Waals surface area (Å²) in [5.74, 6) is 0.881. The number of hydrogen-bond acceptors (Lipinski definition) is 5. The number of aliphatic hydroxyl groups is 1. The van der Waals surface area contributed by atoms with Crippen molar-refractivity contribution in [3.05, 3.63) is 71.7 Å². The molecule has 1 fully saturated rings. The number of hydrogen-bond donors (Lipinski definition) is 1. The number of aliphatic hydroxyl groups excluding tert-OH is 1. The molecule has 0 aliphatic heterocycles. The van der Waals surface area contributed by atoms with Crippen LogP contribution >= 0.6 is 0 Å². The van der Waals surface area contributed by atoms with Crippen molar-refractivity contribution in [1.82, 2.24) is 14.7 Å². The molecule has 1 aromatic heterocycles. The summed E-state index contributed by atoms with van der Waals surface area (Å²) >= 11 is 0. The van der Waals surface area contributed by atoms with Crippen molar-refractivity contribution in [2.45, 2.75) is 58.8 Å². The Kier molecular flexibility index (Phi) is 8.55. The quantitative estimate of drug-likeness (QED) is 0.356. The van der Waals surface area contributed by atoms with Crippen LogP contribution in [0.5, 0.6) is 11.6 Å². The second-order valence-corrected chi connectivity index (χ2v) is 9.54. The van der Waals surface area contributed by atoms with Crippen LogP contribution in [0.2, 0.25) is 0 Å². The minimum absolute atomic E-state index is 0.0677. The fourth-order valence-corrected chi connectivity index (χ4v) is 4.15. The van der Waals surface area contributed by atoms with E-state index < -0.39 is 11.9 Å². The molecule has 1 aliphatic rings. The van der Waals surface area contributed by atoms with Gasteiger partial charge in [0.05, 0.1) is 35.8 Å². The number of aromatic nitrogens is 2. The number of para-hydroxylation sites is 2. The summed E-state index contributed by atoms with van der Waals surface area (Å²) in [5.41, 5.74) is 2.66. The van der Waals surface area contributed by atoms with Crippen molar-refractivity contribution in [2.75, 3.05) is 19.7 Å². The molecule has 4 rings (SSSR count). The molecule has 0 radical (unpaired) electrons. The maximum absolute atomic E-state index is 14.6. The smallest absolute Gasteiger partial charge is 0.227 e. The van der Waals surface area contributed by atoms with Crippen LogP contribution in [0, 0.1) is 11.7 Å². The van der Waals surface area contributed by atoms with E-state index >= 15 is 0 Å². The highest BCUT2D eigenvalue weighted by Gasteiger charge is 2.29. The Morgan fingerprint density at radius 2 is 1.83 bits per heavy atom. The van der Waals surface area contributed by atoms with Gasteiger partial charge in [-0.15, -0.1) is 0 Å². The summed E-state index contributed by atoms with van der Waals surface area (Å²) in [7, 11) is 0. The van der Waals surface area contributed by atoms with E-state index in [0.717, 1.165) is 23.5 Å². The highest BCUT2D eigenvalue weighted by molar-refractivity contribution is 5.44. The molecule has 3 aromatic rings. The van der Waals surface area contributed by atoms with Gasteiger partial charge in [-0.3, -0.25) is 4.90 Å². The lowest BCUT2D eigenvalue weighted by molar-refractivity contribution is -0.0101. The summed E-state index contributed by atoms with van der Waals surface area (Å²) in [6.07, 6.45) is 2.59. The monoisotopic (exact) mass is 481 g/mol. The van der Waals surface area contributed by atoms with E-state index in [9.17, 15) is 9.50 Å². The second kappa shape index (κ2) is 11.8. The zero-order chi connectivity index (χ0) is 24.8. The second-order valence-electron chi connectivity index (χ2n) is 9.54. The van der Waals surface area contributed by atoms with Gasteiger partial charge < -0.3 is 14.6 Å². The number of aryl methyl sites for hydroxylation is 1. The Bertz CT molecular complexity index is 1080. The molecular weight excluding hydrogens is 445 g/mol. The highest BCUT2D eigenvalue weighted by Crippen LogP contribution is 2.35. The lowest BCUT2D eigenvalue weighted by Gasteiger charge is -2.26. The fraction of sp³-hybridized carbons (Fsp3) is 0.464. The molecule has 0 unspecified atom stereocenters. The Hall–Kier alpha value is -2.74. The molecular formula is C28H36FN3O3. The van der Waals surface area contributed by atoms with Gasteiger partial charge in [-0.1, -0.05) is 37.3 Å². The number of benzene rings is 2. The van der Waals surface area contributed by atoms with E-state index in [-0.39, 0.29) is 11.9 Å². The van der Waals surface area contributed by atoms with Gasteiger partial charge in [0.2, 0.25) is 5.88 Å². The molecule has 1 saturated carbocycles. The van der Waals surface area contributed by atoms with Crippen molar-refractivity contribution < 1.29 is 19.0 Å². The third kappa shape index (κ3) is 6.90. The third-order valence-corrected chi connectivity index (χ3v) is 6.08. The molecule has 1 aliphatic carbocycles. The average molecular weight is 482 g/mol. The first-order valence-electron chi connectivity index (χ1n) is 12.5. The van der Waals surface area contributed by atoms with Crippen LogP contribution in [0.1, 0.15) is 44.9 Å². The Labute approximate surface area is 207 Å². The highest BCUT2D eigenvalue weighted by atomic mass is 19.1. The van der Waals surface area contributed by atoms with Gasteiger partial charge in [0.25, 0.3) is 0 Å². The minimum atomic E-state index is -0.596. The third-order valence-electron chi connectivity index (χ3n) is 6.08. The summed E-state index contributed by atoms with van der Waals surface area (Å²) < 4.78 is 28.2. The van der Waals surface area contributed by atoms with Crippen LogP contribution in [0.3, 0.4) is 0 Å². The standard InChI is InChI=1S/C28H36FN3O3/c1-4-26-24(18-31(16-21-14-15-21)17-23(33)19-34-20(2)3)28(35-27-13-9-8-12-25(27)29)32(30-26)22-10-6-5-7-11-22/h5-13,20-21,23,33H,4,14-19H2,1-3H3/t23-/m0/s1. The predicted octanol–water partition coefficient (Wildman–Crippen LogP) is 5.36. The van der Waals surface area contributed by atoms with Crippen LogP contribution in [0.15, 0.2) is 54.6 Å². The fourth-order valence-electron chi connectivity index (χ4n) is 4.15. The minimum Gasteiger partial charge on any atom is -0.435 e. The summed E-state index contributed by atoms with van der Waals surface area (Å²) in [6.45, 7) is 8.21. The van der Waals surface area contributed by atoms with Gasteiger partial charge in [-0.05, 0) is 63.3 Å². The molecule has 0 amide bonds. The van der Waals surface area contributed by atoms with E-state index in [1.807, 2.05) is 44.2 Å². The van der Waals surface area contributed by atoms with Crippen LogP contribution in [0.4, 0.5) is 4.39 Å².